The number of para-hydroxylation sites is 1. The lowest BCUT2D eigenvalue weighted by Gasteiger charge is -2.37. The molecule has 2 aromatic carbocycles. The van der Waals surface area contributed by atoms with Gasteiger partial charge in [-0.15, -0.1) is 0 Å². The largest absolute Gasteiger partial charge is 0.497 e. The Balaban J connectivity index is 1.73. The zero-order valence-corrected chi connectivity index (χ0v) is 22.1. The van der Waals surface area contributed by atoms with Gasteiger partial charge in [-0.1, -0.05) is 37.3 Å². The first kappa shape index (κ1) is 25.9. The Labute approximate surface area is 217 Å². The van der Waals surface area contributed by atoms with Gasteiger partial charge in [-0.3, -0.25) is 4.79 Å². The molecule has 0 unspecified atom stereocenters. The monoisotopic (exact) mass is 507 g/mol. The van der Waals surface area contributed by atoms with Gasteiger partial charge in [0.15, 0.2) is 5.78 Å². The van der Waals surface area contributed by atoms with Gasteiger partial charge in [-0.2, -0.15) is 11.8 Å². The summed E-state index contributed by atoms with van der Waals surface area (Å²) in [6.45, 7) is 4.28. The van der Waals surface area contributed by atoms with E-state index in [4.69, 9.17) is 14.2 Å². The Morgan fingerprint density at radius 1 is 1.06 bits per heavy atom. The molecular formula is C29H33NO5S. The highest BCUT2D eigenvalue weighted by Crippen LogP contribution is 2.47. The summed E-state index contributed by atoms with van der Waals surface area (Å²) in [5, 5.41) is 3.41. The average Bonchev–Trinajstić information content (AvgIpc) is 2.90. The van der Waals surface area contributed by atoms with E-state index in [1.54, 1.807) is 26.0 Å². The van der Waals surface area contributed by atoms with Crippen molar-refractivity contribution < 1.29 is 23.8 Å². The van der Waals surface area contributed by atoms with E-state index in [2.05, 4.69) is 12.2 Å². The highest BCUT2D eigenvalue weighted by atomic mass is 32.2. The van der Waals surface area contributed by atoms with E-state index in [9.17, 15) is 9.59 Å². The topological polar surface area (TPSA) is 73.9 Å². The number of hydrogen-bond acceptors (Lipinski definition) is 7. The lowest BCUT2D eigenvalue weighted by Crippen LogP contribution is -2.36. The van der Waals surface area contributed by atoms with Crippen molar-refractivity contribution in [3.8, 4) is 11.5 Å². The molecule has 0 aromatic heterocycles. The fourth-order valence-corrected chi connectivity index (χ4v) is 5.54. The zero-order chi connectivity index (χ0) is 25.7. The molecule has 0 fully saturated rings. The number of ketones is 1. The third-order valence-corrected chi connectivity index (χ3v) is 7.61. The van der Waals surface area contributed by atoms with Gasteiger partial charge in [0.2, 0.25) is 0 Å². The summed E-state index contributed by atoms with van der Waals surface area (Å²) in [5.74, 6) is 2.24. The molecule has 0 radical (unpaired) electrons. The molecular weight excluding hydrogens is 474 g/mol. The summed E-state index contributed by atoms with van der Waals surface area (Å²) in [4.78, 5) is 27.1. The number of ether oxygens (including phenoxy) is 3. The molecule has 1 aliphatic carbocycles. The molecule has 190 valence electrons. The van der Waals surface area contributed by atoms with Crippen LogP contribution in [-0.2, 0) is 14.3 Å². The predicted octanol–water partition coefficient (Wildman–Crippen LogP) is 5.36. The van der Waals surface area contributed by atoms with Gasteiger partial charge < -0.3 is 19.5 Å². The van der Waals surface area contributed by atoms with Gasteiger partial charge in [-0.25, -0.2) is 4.79 Å². The lowest BCUT2D eigenvalue weighted by atomic mass is 9.71. The fraction of sp³-hybridized carbons (Fsp3) is 0.379. The third kappa shape index (κ3) is 5.31. The van der Waals surface area contributed by atoms with Crippen LogP contribution in [0.1, 0.15) is 49.7 Å². The van der Waals surface area contributed by atoms with Crippen molar-refractivity contribution in [2.75, 3.05) is 32.3 Å². The standard InChI is InChI=1S/C29H33NO5S/c1-5-36-15-14-35-29(32)26-18(2)30-23-16-20(19-10-12-21(33-3)13-11-19)17-24(31)28(23)27(26)22-8-6-7-9-25(22)34-4/h6-13,20,27,30H,5,14-17H2,1-4H3/t20-,27-/m0/s1. The van der Waals surface area contributed by atoms with Crippen LogP contribution in [0.2, 0.25) is 0 Å². The number of methoxy groups -OCH3 is 2. The number of dihydropyridines is 1. The van der Waals surface area contributed by atoms with Crippen LogP contribution in [-0.4, -0.2) is 44.1 Å². The number of carbonyl (C=O) groups is 2. The first-order valence-corrected chi connectivity index (χ1v) is 13.4. The number of allylic oxidation sites excluding steroid dienone is 3. The van der Waals surface area contributed by atoms with E-state index in [0.29, 0.717) is 42.0 Å². The number of hydrogen-bond donors (Lipinski definition) is 1. The van der Waals surface area contributed by atoms with Crippen LogP contribution >= 0.6 is 11.8 Å². The molecule has 1 N–H and O–H groups in total. The van der Waals surface area contributed by atoms with Crippen molar-refractivity contribution in [2.24, 2.45) is 0 Å². The average molecular weight is 508 g/mol. The van der Waals surface area contributed by atoms with E-state index in [-0.39, 0.29) is 11.7 Å². The minimum Gasteiger partial charge on any atom is -0.497 e. The first-order chi connectivity index (χ1) is 17.5. The molecule has 2 aliphatic rings. The Morgan fingerprint density at radius 3 is 2.50 bits per heavy atom. The Morgan fingerprint density at radius 2 is 1.81 bits per heavy atom. The quantitative estimate of drug-likeness (QED) is 0.362. The van der Waals surface area contributed by atoms with Crippen LogP contribution in [0.15, 0.2) is 71.1 Å². The Bertz CT molecular complexity index is 1180. The maximum Gasteiger partial charge on any atom is 0.336 e. The molecule has 0 amide bonds. The second kappa shape index (κ2) is 11.7. The summed E-state index contributed by atoms with van der Waals surface area (Å²) < 4.78 is 16.6. The molecule has 7 heteroatoms. The number of benzene rings is 2. The molecule has 0 bridgehead atoms. The summed E-state index contributed by atoms with van der Waals surface area (Å²) in [7, 11) is 3.24. The van der Waals surface area contributed by atoms with E-state index < -0.39 is 11.9 Å². The van der Waals surface area contributed by atoms with E-state index >= 15 is 0 Å². The summed E-state index contributed by atoms with van der Waals surface area (Å²) in [6, 6.07) is 15.5. The van der Waals surface area contributed by atoms with Crippen molar-refractivity contribution >= 4 is 23.5 Å². The summed E-state index contributed by atoms with van der Waals surface area (Å²) in [5.41, 5.74) is 4.55. The smallest absolute Gasteiger partial charge is 0.336 e. The molecule has 2 aromatic rings. The fourth-order valence-electron chi connectivity index (χ4n) is 5.05. The molecule has 1 heterocycles. The summed E-state index contributed by atoms with van der Waals surface area (Å²) in [6.07, 6.45) is 1.04. The Hall–Kier alpha value is -3.19. The van der Waals surface area contributed by atoms with Crippen LogP contribution in [0, 0.1) is 0 Å². The van der Waals surface area contributed by atoms with E-state index in [0.717, 1.165) is 34.1 Å². The number of nitrogens with one attached hydrogen (secondary N) is 1. The molecule has 2 atom stereocenters. The van der Waals surface area contributed by atoms with Crippen molar-refractivity contribution in [1.29, 1.82) is 0 Å². The SMILES string of the molecule is CCSCCOC(=O)C1=C(C)NC2=C(C(=O)C[C@@H](c3ccc(OC)cc3)C2)[C@H]1c1ccccc1OC. The Kier molecular flexibility index (Phi) is 8.41. The number of Topliss-reactive ketones (excluding diaryl/α,β-unsaturated/α-hetero) is 1. The van der Waals surface area contributed by atoms with Gasteiger partial charge in [0.25, 0.3) is 0 Å². The molecule has 4 rings (SSSR count). The second-order valence-electron chi connectivity index (χ2n) is 8.87. The van der Waals surface area contributed by atoms with Crippen molar-refractivity contribution in [3.05, 3.63) is 82.2 Å². The minimum absolute atomic E-state index is 0.0276. The number of rotatable bonds is 9. The van der Waals surface area contributed by atoms with Gasteiger partial charge in [-0.05, 0) is 48.8 Å². The zero-order valence-electron chi connectivity index (χ0n) is 21.3. The molecule has 36 heavy (non-hydrogen) atoms. The van der Waals surface area contributed by atoms with Crippen molar-refractivity contribution in [1.82, 2.24) is 5.32 Å². The van der Waals surface area contributed by atoms with Crippen LogP contribution in [0.5, 0.6) is 11.5 Å². The number of thioether (sulfide) groups is 1. The maximum atomic E-state index is 13.8. The minimum atomic E-state index is -0.548. The number of carbonyl (C=O) groups excluding carboxylic acids is 2. The summed E-state index contributed by atoms with van der Waals surface area (Å²) >= 11 is 1.72. The molecule has 0 saturated heterocycles. The second-order valence-corrected chi connectivity index (χ2v) is 10.3. The highest BCUT2D eigenvalue weighted by Gasteiger charge is 2.42. The molecule has 6 nitrogen and oxygen atoms in total. The van der Waals surface area contributed by atoms with Gasteiger partial charge in [0, 0.05) is 34.7 Å². The van der Waals surface area contributed by atoms with Crippen molar-refractivity contribution in [3.63, 3.8) is 0 Å². The normalized spacial score (nSPS) is 19.5. The van der Waals surface area contributed by atoms with Gasteiger partial charge >= 0.3 is 5.97 Å². The lowest BCUT2D eigenvalue weighted by molar-refractivity contribution is -0.138. The van der Waals surface area contributed by atoms with Gasteiger partial charge in [0.1, 0.15) is 18.1 Å². The maximum absolute atomic E-state index is 13.8. The highest BCUT2D eigenvalue weighted by molar-refractivity contribution is 7.99. The molecule has 0 spiro atoms. The van der Waals surface area contributed by atoms with E-state index in [1.165, 1.54) is 0 Å². The third-order valence-electron chi connectivity index (χ3n) is 6.75. The number of esters is 1. The molecule has 0 saturated carbocycles. The predicted molar refractivity (Wildman–Crippen MR) is 143 cm³/mol. The van der Waals surface area contributed by atoms with E-state index in [1.807, 2.05) is 55.5 Å². The van der Waals surface area contributed by atoms with Gasteiger partial charge in [0.05, 0.1) is 25.7 Å². The van der Waals surface area contributed by atoms with Crippen LogP contribution in [0.3, 0.4) is 0 Å². The molecule has 1 aliphatic heterocycles. The van der Waals surface area contributed by atoms with Crippen LogP contribution in [0.4, 0.5) is 0 Å². The van der Waals surface area contributed by atoms with Crippen LogP contribution in [0.25, 0.3) is 0 Å². The van der Waals surface area contributed by atoms with Crippen LogP contribution < -0.4 is 14.8 Å². The first-order valence-electron chi connectivity index (χ1n) is 12.2. The van der Waals surface area contributed by atoms with Crippen molar-refractivity contribution in [2.45, 2.75) is 38.5 Å².